The van der Waals surface area contributed by atoms with Crippen molar-refractivity contribution in [2.24, 2.45) is 11.7 Å². The van der Waals surface area contributed by atoms with E-state index in [1.54, 1.807) is 0 Å². The van der Waals surface area contributed by atoms with Gasteiger partial charge in [0.25, 0.3) is 0 Å². The molecule has 1 saturated carbocycles. The van der Waals surface area contributed by atoms with E-state index in [9.17, 15) is 4.79 Å². The van der Waals surface area contributed by atoms with E-state index in [-0.39, 0.29) is 5.92 Å². The summed E-state index contributed by atoms with van der Waals surface area (Å²) in [5.74, 6) is 0.573. The molecule has 0 unspecified atom stereocenters. The van der Waals surface area contributed by atoms with Gasteiger partial charge in [0, 0.05) is 31.6 Å². The van der Waals surface area contributed by atoms with E-state index in [1.165, 1.54) is 0 Å². The summed E-state index contributed by atoms with van der Waals surface area (Å²) in [5, 5.41) is 0. The molecule has 1 rings (SSSR count). The molecule has 0 radical (unpaired) electrons. The van der Waals surface area contributed by atoms with Crippen molar-refractivity contribution in [1.29, 1.82) is 0 Å². The number of nitrogens with two attached hydrogens (primary N) is 1. The summed E-state index contributed by atoms with van der Waals surface area (Å²) < 4.78 is 0. The molecule has 0 aromatic rings. The van der Waals surface area contributed by atoms with Crippen molar-refractivity contribution in [3.8, 4) is 0 Å². The van der Waals surface area contributed by atoms with E-state index in [4.69, 9.17) is 5.73 Å². The van der Waals surface area contributed by atoms with Gasteiger partial charge in [-0.15, -0.1) is 0 Å². The van der Waals surface area contributed by atoms with Crippen LogP contribution in [0, 0.1) is 5.92 Å². The van der Waals surface area contributed by atoms with Crippen LogP contribution in [0.25, 0.3) is 0 Å². The Bertz CT molecular complexity index is 247. The second kappa shape index (κ2) is 7.74. The summed E-state index contributed by atoms with van der Waals surface area (Å²) in [7, 11) is 4.10. The van der Waals surface area contributed by atoms with Crippen LogP contribution in [-0.4, -0.2) is 55.5 Å². The molecule has 1 aliphatic carbocycles. The lowest BCUT2D eigenvalue weighted by Gasteiger charge is -2.31. The normalized spacial score (nSPS) is 24.3. The molecule has 0 saturated heterocycles. The fraction of sp³-hybridized carbons (Fsp3) is 0.929. The zero-order valence-corrected chi connectivity index (χ0v) is 12.2. The van der Waals surface area contributed by atoms with Crippen molar-refractivity contribution < 1.29 is 4.79 Å². The highest BCUT2D eigenvalue weighted by Crippen LogP contribution is 2.25. The number of rotatable bonds is 6. The van der Waals surface area contributed by atoms with Gasteiger partial charge in [-0.2, -0.15) is 0 Å². The number of hydrogen-bond acceptors (Lipinski definition) is 3. The monoisotopic (exact) mass is 255 g/mol. The number of nitrogens with zero attached hydrogens (tertiary/aromatic N) is 2. The van der Waals surface area contributed by atoms with Gasteiger partial charge in [0.2, 0.25) is 5.91 Å². The molecule has 0 aromatic carbocycles. The highest BCUT2D eigenvalue weighted by Gasteiger charge is 2.27. The molecule has 0 heterocycles. The summed E-state index contributed by atoms with van der Waals surface area (Å²) in [4.78, 5) is 16.6. The number of likely N-dealkylation sites (N-methyl/N-ethyl adjacent to an activating group) is 1. The first-order valence-corrected chi connectivity index (χ1v) is 7.23. The highest BCUT2D eigenvalue weighted by atomic mass is 16.2. The molecule has 0 aliphatic heterocycles. The van der Waals surface area contributed by atoms with Gasteiger partial charge in [-0.1, -0.05) is 6.92 Å². The average Bonchev–Trinajstić information content (AvgIpc) is 2.34. The third-order valence-electron chi connectivity index (χ3n) is 3.74. The maximum absolute atomic E-state index is 12.5. The van der Waals surface area contributed by atoms with Gasteiger partial charge in [-0.25, -0.2) is 0 Å². The Morgan fingerprint density at radius 2 is 1.72 bits per heavy atom. The lowest BCUT2D eigenvalue weighted by molar-refractivity contribution is -0.136. The predicted octanol–water partition coefficient (Wildman–Crippen LogP) is 1.30. The van der Waals surface area contributed by atoms with Crippen LogP contribution in [0.2, 0.25) is 0 Å². The van der Waals surface area contributed by atoms with E-state index in [1.807, 2.05) is 19.0 Å². The van der Waals surface area contributed by atoms with Crippen LogP contribution in [0.1, 0.15) is 39.0 Å². The fourth-order valence-electron chi connectivity index (χ4n) is 2.55. The van der Waals surface area contributed by atoms with Crippen molar-refractivity contribution in [1.82, 2.24) is 9.80 Å². The van der Waals surface area contributed by atoms with Crippen LogP contribution in [0.4, 0.5) is 0 Å². The van der Waals surface area contributed by atoms with Gasteiger partial charge in [0.05, 0.1) is 0 Å². The highest BCUT2D eigenvalue weighted by molar-refractivity contribution is 5.79. The number of hydrogen-bond donors (Lipinski definition) is 1. The van der Waals surface area contributed by atoms with E-state index in [2.05, 4.69) is 11.8 Å². The van der Waals surface area contributed by atoms with E-state index < -0.39 is 0 Å². The standard InChI is InChI=1S/C14H29N3O/c1-4-9-17(11-10-16(2)3)14(18)12-5-7-13(15)8-6-12/h12-13H,4-11,15H2,1-3H3. The van der Waals surface area contributed by atoms with Gasteiger partial charge in [0.15, 0.2) is 0 Å². The Kier molecular flexibility index (Phi) is 6.65. The number of carbonyl (C=O) groups is 1. The number of amides is 1. The van der Waals surface area contributed by atoms with E-state index >= 15 is 0 Å². The second-order valence-electron chi connectivity index (χ2n) is 5.74. The molecule has 18 heavy (non-hydrogen) atoms. The molecule has 2 N–H and O–H groups in total. The van der Waals surface area contributed by atoms with E-state index in [0.717, 1.165) is 51.7 Å². The quantitative estimate of drug-likeness (QED) is 0.778. The predicted molar refractivity (Wildman–Crippen MR) is 75.4 cm³/mol. The van der Waals surface area contributed by atoms with Crippen molar-refractivity contribution in [3.05, 3.63) is 0 Å². The van der Waals surface area contributed by atoms with Gasteiger partial charge in [-0.3, -0.25) is 4.79 Å². The van der Waals surface area contributed by atoms with Gasteiger partial charge in [0.1, 0.15) is 0 Å². The smallest absolute Gasteiger partial charge is 0.225 e. The third-order valence-corrected chi connectivity index (χ3v) is 3.74. The third kappa shape index (κ3) is 4.94. The molecule has 1 amide bonds. The molecule has 0 atom stereocenters. The van der Waals surface area contributed by atoms with Crippen LogP contribution < -0.4 is 5.73 Å². The van der Waals surface area contributed by atoms with Crippen molar-refractivity contribution >= 4 is 5.91 Å². The summed E-state index contributed by atoms with van der Waals surface area (Å²) in [5.41, 5.74) is 5.90. The molecule has 1 aliphatic rings. The summed E-state index contributed by atoms with van der Waals surface area (Å²) in [6.07, 6.45) is 4.99. The molecular weight excluding hydrogens is 226 g/mol. The molecular formula is C14H29N3O. The lowest BCUT2D eigenvalue weighted by Crippen LogP contribution is -2.42. The van der Waals surface area contributed by atoms with Gasteiger partial charge < -0.3 is 15.5 Å². The van der Waals surface area contributed by atoms with E-state index in [0.29, 0.717) is 11.9 Å². The van der Waals surface area contributed by atoms with Crippen LogP contribution in [-0.2, 0) is 4.79 Å². The topological polar surface area (TPSA) is 49.6 Å². The first kappa shape index (κ1) is 15.4. The Morgan fingerprint density at radius 1 is 1.11 bits per heavy atom. The minimum absolute atomic E-state index is 0.221. The first-order chi connectivity index (χ1) is 8.54. The Labute approximate surface area is 111 Å². The average molecular weight is 255 g/mol. The minimum atomic E-state index is 0.221. The Balaban J connectivity index is 2.47. The molecule has 0 spiro atoms. The van der Waals surface area contributed by atoms with Crippen LogP contribution in [0.3, 0.4) is 0 Å². The maximum atomic E-state index is 12.5. The second-order valence-corrected chi connectivity index (χ2v) is 5.74. The Hall–Kier alpha value is -0.610. The van der Waals surface area contributed by atoms with Gasteiger partial charge >= 0.3 is 0 Å². The zero-order valence-electron chi connectivity index (χ0n) is 12.2. The first-order valence-electron chi connectivity index (χ1n) is 7.23. The van der Waals surface area contributed by atoms with Crippen molar-refractivity contribution in [3.63, 3.8) is 0 Å². The zero-order chi connectivity index (χ0) is 13.5. The molecule has 1 fully saturated rings. The molecule has 4 nitrogen and oxygen atoms in total. The van der Waals surface area contributed by atoms with Crippen molar-refractivity contribution in [2.45, 2.75) is 45.1 Å². The Morgan fingerprint density at radius 3 is 2.22 bits per heavy atom. The van der Waals surface area contributed by atoms with Gasteiger partial charge in [-0.05, 0) is 46.2 Å². The molecule has 4 heteroatoms. The maximum Gasteiger partial charge on any atom is 0.225 e. The van der Waals surface area contributed by atoms with Crippen LogP contribution >= 0.6 is 0 Å². The molecule has 0 bridgehead atoms. The van der Waals surface area contributed by atoms with Crippen LogP contribution in [0.15, 0.2) is 0 Å². The minimum Gasteiger partial charge on any atom is -0.341 e. The molecule has 106 valence electrons. The summed E-state index contributed by atoms with van der Waals surface area (Å²) in [6.45, 7) is 4.81. The number of carbonyl (C=O) groups excluding carboxylic acids is 1. The molecule has 0 aromatic heterocycles. The largest absolute Gasteiger partial charge is 0.341 e. The summed E-state index contributed by atoms with van der Waals surface area (Å²) in [6, 6.07) is 0.315. The summed E-state index contributed by atoms with van der Waals surface area (Å²) >= 11 is 0. The van der Waals surface area contributed by atoms with Crippen LogP contribution in [0.5, 0.6) is 0 Å². The fourth-order valence-corrected chi connectivity index (χ4v) is 2.55. The van der Waals surface area contributed by atoms with Crippen molar-refractivity contribution in [2.75, 3.05) is 33.7 Å². The lowest BCUT2D eigenvalue weighted by atomic mass is 9.85. The SMILES string of the molecule is CCCN(CCN(C)C)C(=O)C1CCC(N)CC1.